The van der Waals surface area contributed by atoms with Gasteiger partial charge in [0, 0.05) is 31.8 Å². The molecule has 2 amide bonds. The molecule has 0 saturated carbocycles. The lowest BCUT2D eigenvalue weighted by Gasteiger charge is -2.29. The van der Waals surface area contributed by atoms with Crippen LogP contribution in [0, 0.1) is 0 Å². The average Bonchev–Trinajstić information content (AvgIpc) is 2.99. The minimum absolute atomic E-state index is 0.0954. The van der Waals surface area contributed by atoms with E-state index in [4.69, 9.17) is 0 Å². The summed E-state index contributed by atoms with van der Waals surface area (Å²) in [5.74, 6) is -2.76. The third-order valence-corrected chi connectivity index (χ3v) is 3.32. The SMILES string of the molecule is Cn1ccnc1C(O)(CC(=O)NNC(=O)c1cccnc1)C(F)(F)F. The molecule has 0 aliphatic rings. The Kier molecular flexibility index (Phi) is 5.07. The summed E-state index contributed by atoms with van der Waals surface area (Å²) in [4.78, 5) is 30.7. The van der Waals surface area contributed by atoms with Crippen molar-refractivity contribution < 1.29 is 27.9 Å². The summed E-state index contributed by atoms with van der Waals surface area (Å²) in [5.41, 5.74) is 0.365. The van der Waals surface area contributed by atoms with Crippen molar-refractivity contribution in [3.05, 3.63) is 48.3 Å². The van der Waals surface area contributed by atoms with E-state index in [0.717, 1.165) is 10.8 Å². The van der Waals surface area contributed by atoms with Crippen molar-refractivity contribution in [1.29, 1.82) is 0 Å². The molecule has 2 aromatic rings. The van der Waals surface area contributed by atoms with Gasteiger partial charge < -0.3 is 9.67 Å². The van der Waals surface area contributed by atoms with Gasteiger partial charge in [-0.25, -0.2) is 4.98 Å². The number of aryl methyl sites for hydroxylation is 1. The summed E-state index contributed by atoms with van der Waals surface area (Å²) in [7, 11) is 1.25. The number of hydrogen-bond acceptors (Lipinski definition) is 5. The molecule has 0 spiro atoms. The van der Waals surface area contributed by atoms with Crippen molar-refractivity contribution in [2.45, 2.75) is 18.2 Å². The van der Waals surface area contributed by atoms with Gasteiger partial charge in [0.2, 0.25) is 11.5 Å². The van der Waals surface area contributed by atoms with Crippen LogP contribution >= 0.6 is 0 Å². The molecule has 0 saturated heterocycles. The maximum Gasteiger partial charge on any atom is 0.425 e. The Hall–Kier alpha value is -2.95. The Balaban J connectivity index is 2.08. The highest BCUT2D eigenvalue weighted by Crippen LogP contribution is 2.40. The van der Waals surface area contributed by atoms with E-state index in [1.165, 1.54) is 37.8 Å². The predicted molar refractivity (Wildman–Crippen MR) is 77.6 cm³/mol. The molecule has 2 heterocycles. The average molecular weight is 357 g/mol. The van der Waals surface area contributed by atoms with E-state index < -0.39 is 35.8 Å². The molecule has 25 heavy (non-hydrogen) atoms. The molecule has 8 nitrogen and oxygen atoms in total. The van der Waals surface area contributed by atoms with Gasteiger partial charge in [0.1, 0.15) is 0 Å². The first kappa shape index (κ1) is 18.4. The van der Waals surface area contributed by atoms with Gasteiger partial charge >= 0.3 is 6.18 Å². The summed E-state index contributed by atoms with van der Waals surface area (Å²) in [6.45, 7) is 0. The minimum atomic E-state index is -5.16. The number of halogens is 3. The van der Waals surface area contributed by atoms with Crippen molar-refractivity contribution in [1.82, 2.24) is 25.4 Å². The second-order valence-electron chi connectivity index (χ2n) is 5.14. The van der Waals surface area contributed by atoms with Gasteiger partial charge in [0.25, 0.3) is 5.91 Å². The van der Waals surface area contributed by atoms with Crippen molar-refractivity contribution >= 4 is 11.8 Å². The zero-order chi connectivity index (χ0) is 18.7. The number of hydrogen-bond donors (Lipinski definition) is 3. The van der Waals surface area contributed by atoms with E-state index in [-0.39, 0.29) is 5.56 Å². The van der Waals surface area contributed by atoms with Crippen LogP contribution in [0.25, 0.3) is 0 Å². The zero-order valence-electron chi connectivity index (χ0n) is 12.9. The summed E-state index contributed by atoms with van der Waals surface area (Å²) in [5, 5.41) is 10.0. The lowest BCUT2D eigenvalue weighted by molar-refractivity contribution is -0.271. The summed E-state index contributed by atoms with van der Waals surface area (Å²) in [6, 6.07) is 2.87. The van der Waals surface area contributed by atoms with Crippen LogP contribution in [0.2, 0.25) is 0 Å². The first-order valence-electron chi connectivity index (χ1n) is 6.91. The van der Waals surface area contributed by atoms with E-state index in [1.54, 1.807) is 0 Å². The molecule has 1 unspecified atom stereocenters. The topological polar surface area (TPSA) is 109 Å². The largest absolute Gasteiger partial charge is 0.425 e. The third kappa shape index (κ3) is 3.94. The number of nitrogens with zero attached hydrogens (tertiary/aromatic N) is 3. The van der Waals surface area contributed by atoms with Crippen molar-refractivity contribution in [2.24, 2.45) is 7.05 Å². The quantitative estimate of drug-likeness (QED) is 0.687. The highest BCUT2D eigenvalue weighted by atomic mass is 19.4. The van der Waals surface area contributed by atoms with Crippen LogP contribution in [-0.2, 0) is 17.4 Å². The van der Waals surface area contributed by atoms with E-state index in [0.29, 0.717) is 0 Å². The molecule has 2 aromatic heterocycles. The monoisotopic (exact) mass is 357 g/mol. The molecule has 0 aliphatic carbocycles. The number of hydrazine groups is 1. The number of aromatic nitrogens is 3. The molecule has 0 aromatic carbocycles. The standard InChI is InChI=1S/C14H14F3N5O3/c1-22-6-5-19-12(22)13(25,14(15,16)17)7-10(23)20-21-11(24)9-3-2-4-18-8-9/h2-6,8,25H,7H2,1H3,(H,20,23)(H,21,24). The van der Waals surface area contributed by atoms with Crippen LogP contribution in [0.4, 0.5) is 13.2 Å². The third-order valence-electron chi connectivity index (χ3n) is 3.32. The Morgan fingerprint density at radius 2 is 2.00 bits per heavy atom. The van der Waals surface area contributed by atoms with Gasteiger partial charge in [-0.3, -0.25) is 25.4 Å². The van der Waals surface area contributed by atoms with E-state index >= 15 is 0 Å². The van der Waals surface area contributed by atoms with Crippen LogP contribution in [0.3, 0.4) is 0 Å². The Morgan fingerprint density at radius 1 is 1.28 bits per heavy atom. The molecule has 11 heteroatoms. The Bertz CT molecular complexity index is 763. The molecule has 0 fully saturated rings. The van der Waals surface area contributed by atoms with E-state index in [2.05, 4.69) is 9.97 Å². The fourth-order valence-corrected chi connectivity index (χ4v) is 2.04. The number of rotatable bonds is 4. The van der Waals surface area contributed by atoms with Gasteiger partial charge in [0.05, 0.1) is 12.0 Å². The number of aliphatic hydroxyl groups is 1. The minimum Gasteiger partial charge on any atom is -0.374 e. The molecular formula is C14H14F3N5O3. The molecule has 0 aliphatic heterocycles. The predicted octanol–water partition coefficient (Wildman–Crippen LogP) is 0.416. The van der Waals surface area contributed by atoms with Crippen LogP contribution in [0.5, 0.6) is 0 Å². The fraction of sp³-hybridized carbons (Fsp3) is 0.286. The fourth-order valence-electron chi connectivity index (χ4n) is 2.04. The molecular weight excluding hydrogens is 343 g/mol. The number of carbonyl (C=O) groups excluding carboxylic acids is 2. The van der Waals surface area contributed by atoms with E-state index in [9.17, 15) is 27.9 Å². The van der Waals surface area contributed by atoms with Gasteiger partial charge in [-0.15, -0.1) is 0 Å². The number of pyridine rings is 1. The molecule has 2 rings (SSSR count). The normalized spacial score (nSPS) is 13.8. The Labute approximate surface area is 139 Å². The number of carbonyl (C=O) groups is 2. The summed E-state index contributed by atoms with van der Waals surface area (Å²) < 4.78 is 40.8. The zero-order valence-corrected chi connectivity index (χ0v) is 12.9. The highest BCUT2D eigenvalue weighted by Gasteiger charge is 2.58. The second-order valence-corrected chi connectivity index (χ2v) is 5.14. The maximum atomic E-state index is 13.3. The van der Waals surface area contributed by atoms with Crippen molar-refractivity contribution in [3.63, 3.8) is 0 Å². The van der Waals surface area contributed by atoms with Crippen LogP contribution in [-0.4, -0.2) is 37.6 Å². The lowest BCUT2D eigenvalue weighted by atomic mass is 9.97. The smallest absolute Gasteiger partial charge is 0.374 e. The van der Waals surface area contributed by atoms with Crippen molar-refractivity contribution in [3.8, 4) is 0 Å². The van der Waals surface area contributed by atoms with Gasteiger partial charge in [-0.05, 0) is 12.1 Å². The highest BCUT2D eigenvalue weighted by molar-refractivity contribution is 5.95. The van der Waals surface area contributed by atoms with Gasteiger partial charge in [-0.1, -0.05) is 0 Å². The van der Waals surface area contributed by atoms with Gasteiger partial charge in [-0.2, -0.15) is 13.2 Å². The summed E-state index contributed by atoms with van der Waals surface area (Å²) in [6.07, 6.45) is -1.64. The van der Waals surface area contributed by atoms with E-state index in [1.807, 2.05) is 10.9 Å². The number of alkyl halides is 3. The molecule has 3 N–H and O–H groups in total. The molecule has 134 valence electrons. The molecule has 0 radical (unpaired) electrons. The van der Waals surface area contributed by atoms with Crippen LogP contribution < -0.4 is 10.9 Å². The first-order chi connectivity index (χ1) is 11.6. The second kappa shape index (κ2) is 6.89. The van der Waals surface area contributed by atoms with Gasteiger partial charge in [0.15, 0.2) is 5.82 Å². The lowest BCUT2D eigenvalue weighted by Crippen LogP contribution is -2.50. The van der Waals surface area contributed by atoms with Crippen LogP contribution in [0.1, 0.15) is 22.6 Å². The first-order valence-corrected chi connectivity index (χ1v) is 6.91. The number of amides is 2. The molecule has 1 atom stereocenters. The number of nitrogens with one attached hydrogen (secondary N) is 2. The number of imidazole rings is 1. The Morgan fingerprint density at radius 3 is 2.52 bits per heavy atom. The van der Waals surface area contributed by atoms with Crippen molar-refractivity contribution in [2.75, 3.05) is 0 Å². The summed E-state index contributed by atoms with van der Waals surface area (Å²) >= 11 is 0. The maximum absolute atomic E-state index is 13.3. The van der Waals surface area contributed by atoms with Crippen LogP contribution in [0.15, 0.2) is 36.9 Å². The molecule has 0 bridgehead atoms.